The molecule has 0 bridgehead atoms. The molecule has 2 nitrogen and oxygen atoms in total. The fourth-order valence-electron chi connectivity index (χ4n) is 7.58. The van der Waals surface area contributed by atoms with Crippen molar-refractivity contribution in [3.8, 4) is 16.8 Å². The summed E-state index contributed by atoms with van der Waals surface area (Å²) in [5.41, 5.74) is 9.36. The van der Waals surface area contributed by atoms with Gasteiger partial charge in [-0.25, -0.2) is 0 Å². The van der Waals surface area contributed by atoms with Crippen LogP contribution in [-0.4, -0.2) is 4.57 Å². The summed E-state index contributed by atoms with van der Waals surface area (Å²) in [7, 11) is 0. The van der Waals surface area contributed by atoms with E-state index in [1.54, 1.807) is 0 Å². The molecule has 0 N–H and O–H groups in total. The normalized spacial score (nSPS) is 11.7. The largest absolute Gasteiger partial charge is 0.309 e. The van der Waals surface area contributed by atoms with E-state index < -0.39 is 0 Å². The minimum absolute atomic E-state index is 1.12. The van der Waals surface area contributed by atoms with E-state index in [1.807, 2.05) is 11.3 Å². The molecule has 0 aliphatic rings. The van der Waals surface area contributed by atoms with Gasteiger partial charge < -0.3 is 9.47 Å². The van der Waals surface area contributed by atoms with Crippen molar-refractivity contribution in [2.24, 2.45) is 0 Å². The summed E-state index contributed by atoms with van der Waals surface area (Å²) in [5, 5.41) is 7.65. The molecule has 0 amide bonds. The van der Waals surface area contributed by atoms with Gasteiger partial charge in [0.25, 0.3) is 0 Å². The number of hydrogen-bond donors (Lipinski definition) is 0. The van der Waals surface area contributed by atoms with E-state index >= 15 is 0 Å². The molecule has 230 valence electrons. The predicted molar refractivity (Wildman–Crippen MR) is 211 cm³/mol. The van der Waals surface area contributed by atoms with Gasteiger partial charge in [0.05, 0.1) is 27.1 Å². The summed E-state index contributed by atoms with van der Waals surface area (Å²) >= 11 is 1.90. The zero-order valence-electron chi connectivity index (χ0n) is 26.6. The third kappa shape index (κ3) is 4.40. The van der Waals surface area contributed by atoms with Crippen LogP contribution in [0.1, 0.15) is 0 Å². The van der Waals surface area contributed by atoms with Crippen LogP contribution in [-0.2, 0) is 0 Å². The van der Waals surface area contributed by atoms with Crippen molar-refractivity contribution in [3.05, 3.63) is 182 Å². The van der Waals surface area contributed by atoms with Crippen LogP contribution < -0.4 is 4.90 Å². The van der Waals surface area contributed by atoms with E-state index in [4.69, 9.17) is 0 Å². The number of rotatable bonds is 5. The second-order valence-electron chi connectivity index (χ2n) is 12.5. The topological polar surface area (TPSA) is 8.17 Å². The fourth-order valence-corrected chi connectivity index (χ4v) is 8.92. The van der Waals surface area contributed by atoms with Crippen LogP contribution in [0, 0.1) is 0 Å². The van der Waals surface area contributed by atoms with Crippen LogP contribution in [0.4, 0.5) is 17.1 Å². The van der Waals surface area contributed by atoms with E-state index in [0.29, 0.717) is 0 Å². The Balaban J connectivity index is 1.30. The predicted octanol–water partition coefficient (Wildman–Crippen LogP) is 13.4. The summed E-state index contributed by atoms with van der Waals surface area (Å²) < 4.78 is 5.01. The van der Waals surface area contributed by atoms with E-state index in [2.05, 4.69) is 191 Å². The first kappa shape index (κ1) is 27.9. The van der Waals surface area contributed by atoms with Crippen LogP contribution in [0.5, 0.6) is 0 Å². The minimum atomic E-state index is 1.12. The number of aromatic nitrogens is 1. The highest BCUT2D eigenvalue weighted by Crippen LogP contribution is 2.49. The molecule has 0 spiro atoms. The van der Waals surface area contributed by atoms with Gasteiger partial charge in [-0.3, -0.25) is 0 Å². The van der Waals surface area contributed by atoms with E-state index in [-0.39, 0.29) is 0 Å². The highest BCUT2D eigenvalue weighted by atomic mass is 32.1. The molecule has 0 fully saturated rings. The van der Waals surface area contributed by atoms with Gasteiger partial charge in [-0.15, -0.1) is 11.3 Å². The summed E-state index contributed by atoms with van der Waals surface area (Å²) in [6, 6.07) is 66.1. The van der Waals surface area contributed by atoms with Crippen LogP contribution in [0.15, 0.2) is 182 Å². The summed E-state index contributed by atoms with van der Waals surface area (Å²) in [4.78, 5) is 2.48. The summed E-state index contributed by atoms with van der Waals surface area (Å²) in [5.74, 6) is 0. The quantitative estimate of drug-likeness (QED) is 0.181. The van der Waals surface area contributed by atoms with Gasteiger partial charge >= 0.3 is 0 Å². The number of hydrogen-bond acceptors (Lipinski definition) is 2. The highest BCUT2D eigenvalue weighted by Gasteiger charge is 2.23. The maximum Gasteiger partial charge on any atom is 0.0640 e. The lowest BCUT2D eigenvalue weighted by atomic mass is 10.0. The van der Waals surface area contributed by atoms with Crippen LogP contribution in [0.3, 0.4) is 0 Å². The minimum Gasteiger partial charge on any atom is -0.309 e. The zero-order valence-corrected chi connectivity index (χ0v) is 27.4. The monoisotopic (exact) mass is 642 g/mol. The molecule has 0 aliphatic carbocycles. The fraction of sp³-hybridized carbons (Fsp3) is 0. The first-order valence-corrected chi connectivity index (χ1v) is 17.5. The average molecular weight is 643 g/mol. The lowest BCUT2D eigenvalue weighted by molar-refractivity contribution is 1.18. The Kier molecular flexibility index (Phi) is 6.39. The Morgan fingerprint density at radius 3 is 1.92 bits per heavy atom. The third-order valence-electron chi connectivity index (χ3n) is 9.77. The Morgan fingerprint density at radius 1 is 0.408 bits per heavy atom. The Labute approximate surface area is 288 Å². The van der Waals surface area contributed by atoms with Crippen LogP contribution >= 0.6 is 11.3 Å². The molecule has 0 unspecified atom stereocenters. The second kappa shape index (κ2) is 11.2. The van der Waals surface area contributed by atoms with Crippen LogP contribution in [0.25, 0.3) is 69.6 Å². The first-order chi connectivity index (χ1) is 24.3. The van der Waals surface area contributed by atoms with E-state index in [9.17, 15) is 0 Å². The van der Waals surface area contributed by atoms with Gasteiger partial charge in [0.1, 0.15) is 0 Å². The molecule has 0 atom stereocenters. The lowest BCUT2D eigenvalue weighted by Crippen LogP contribution is -2.11. The average Bonchev–Trinajstić information content (AvgIpc) is 3.72. The van der Waals surface area contributed by atoms with Crippen molar-refractivity contribution in [1.29, 1.82) is 0 Å². The SMILES string of the molecule is c1ccc(-c2ccccc2N(c2ccc3c4ccccc4n(-c4ccccc4)c3c2)c2cccc3c2sc2c4ccccc4ccc32)cc1. The number of nitrogens with zero attached hydrogens (tertiary/aromatic N) is 2. The first-order valence-electron chi connectivity index (χ1n) is 16.7. The molecule has 0 saturated heterocycles. The Hall–Kier alpha value is -6.16. The van der Waals surface area contributed by atoms with Gasteiger partial charge in [0.15, 0.2) is 0 Å². The van der Waals surface area contributed by atoms with Crippen molar-refractivity contribution in [3.63, 3.8) is 0 Å². The number of para-hydroxylation sites is 3. The standard InChI is InChI=1S/C46H30N2S/c1-3-14-31(15-4-1)35-19-9-11-23-41(35)48(43-25-13-22-39-40-28-26-32-16-7-8-20-36(32)45(40)49-46(39)43)34-27-29-38-37-21-10-12-24-42(37)47(44(38)30-34)33-17-5-2-6-18-33/h1-30H. The van der Waals surface area contributed by atoms with Gasteiger partial charge in [-0.2, -0.15) is 0 Å². The van der Waals surface area contributed by atoms with E-state index in [0.717, 1.165) is 17.1 Å². The number of fused-ring (bicyclic) bond motifs is 8. The second-order valence-corrected chi connectivity index (χ2v) is 13.5. The molecule has 10 rings (SSSR count). The van der Waals surface area contributed by atoms with Gasteiger partial charge in [0.2, 0.25) is 0 Å². The van der Waals surface area contributed by atoms with Gasteiger partial charge in [-0.1, -0.05) is 140 Å². The van der Waals surface area contributed by atoms with Gasteiger partial charge in [-0.05, 0) is 58.8 Å². The number of benzene rings is 8. The Morgan fingerprint density at radius 2 is 1.04 bits per heavy atom. The molecule has 2 aromatic heterocycles. The highest BCUT2D eigenvalue weighted by molar-refractivity contribution is 7.27. The lowest BCUT2D eigenvalue weighted by Gasteiger charge is -2.28. The smallest absolute Gasteiger partial charge is 0.0640 e. The van der Waals surface area contributed by atoms with Gasteiger partial charge in [0, 0.05) is 43.2 Å². The molecule has 10 aromatic rings. The Bertz CT molecular complexity index is 2830. The summed E-state index contributed by atoms with van der Waals surface area (Å²) in [6.45, 7) is 0. The molecule has 0 saturated carbocycles. The van der Waals surface area contributed by atoms with E-state index in [1.165, 1.54) is 69.6 Å². The maximum absolute atomic E-state index is 2.48. The molecule has 8 aromatic carbocycles. The van der Waals surface area contributed by atoms with Crippen molar-refractivity contribution in [2.45, 2.75) is 0 Å². The summed E-state index contributed by atoms with van der Waals surface area (Å²) in [6.07, 6.45) is 0. The molecular formula is C46H30N2S. The van der Waals surface area contributed by atoms with Crippen molar-refractivity contribution >= 4 is 81.1 Å². The molecule has 2 heterocycles. The molecule has 3 heteroatoms. The van der Waals surface area contributed by atoms with Crippen molar-refractivity contribution < 1.29 is 0 Å². The molecule has 0 aliphatic heterocycles. The molecular weight excluding hydrogens is 613 g/mol. The third-order valence-corrected chi connectivity index (χ3v) is 11.0. The zero-order chi connectivity index (χ0) is 32.3. The van der Waals surface area contributed by atoms with Crippen molar-refractivity contribution in [2.75, 3.05) is 4.90 Å². The molecule has 0 radical (unpaired) electrons. The van der Waals surface area contributed by atoms with Crippen molar-refractivity contribution in [1.82, 2.24) is 4.57 Å². The molecule has 49 heavy (non-hydrogen) atoms. The van der Waals surface area contributed by atoms with Crippen LogP contribution in [0.2, 0.25) is 0 Å². The number of anilines is 3. The maximum atomic E-state index is 2.48. The number of thiophene rings is 1.